The molecule has 1 heterocycles. The van der Waals surface area contributed by atoms with Crippen molar-refractivity contribution >= 4 is 60.6 Å². The molecule has 0 spiro atoms. The number of nitro groups is 1. The van der Waals surface area contributed by atoms with E-state index in [4.69, 9.17) is 15.6 Å². The summed E-state index contributed by atoms with van der Waals surface area (Å²) >= 11 is 6.77. The van der Waals surface area contributed by atoms with E-state index in [1.807, 2.05) is 0 Å². The number of fused-ring (bicyclic) bond motifs is 1. The van der Waals surface area contributed by atoms with E-state index in [0.717, 1.165) is 0 Å². The number of hydrogen-bond donors (Lipinski definition) is 1. The summed E-state index contributed by atoms with van der Waals surface area (Å²) in [6.07, 6.45) is 6.63. The van der Waals surface area contributed by atoms with Crippen molar-refractivity contribution in [2.45, 2.75) is 0 Å². The first kappa shape index (κ1) is 20.6. The van der Waals surface area contributed by atoms with Crippen molar-refractivity contribution in [1.82, 2.24) is 5.43 Å². The molecule has 0 atom stereocenters. The van der Waals surface area contributed by atoms with E-state index in [9.17, 15) is 14.9 Å². The topological polar surface area (TPSA) is 107 Å². The molecular weight excluding hydrogens is 510 g/mol. The highest BCUT2D eigenvalue weighted by Gasteiger charge is 2.14. The van der Waals surface area contributed by atoms with Gasteiger partial charge in [-0.3, -0.25) is 14.9 Å². The maximum Gasteiger partial charge on any atom is 0.307 e. The van der Waals surface area contributed by atoms with Gasteiger partial charge in [-0.1, -0.05) is 5.92 Å². The molecule has 0 unspecified atom stereocenters. The lowest BCUT2D eigenvalue weighted by Gasteiger charge is -2.08. The van der Waals surface area contributed by atoms with Gasteiger partial charge in [0.25, 0.3) is 5.69 Å². The van der Waals surface area contributed by atoms with Crippen LogP contribution in [-0.2, 0) is 0 Å². The highest BCUT2D eigenvalue weighted by molar-refractivity contribution is 9.11. The molecule has 3 aromatic rings. The quantitative estimate of drug-likeness (QED) is 0.220. The molecule has 0 aliphatic rings. The summed E-state index contributed by atoms with van der Waals surface area (Å²) in [5.74, 6) is 2.34. The summed E-state index contributed by atoms with van der Waals surface area (Å²) in [5, 5.41) is 15.2. The second-order valence-corrected chi connectivity index (χ2v) is 7.30. The maximum atomic E-state index is 12.2. The second-order valence-electron chi connectivity index (χ2n) is 5.60. The molecule has 1 amide bonds. The van der Waals surface area contributed by atoms with E-state index in [2.05, 4.69) is 48.3 Å². The molecule has 1 N–H and O–H groups in total. The van der Waals surface area contributed by atoms with Crippen LogP contribution in [0.25, 0.3) is 11.0 Å². The third kappa shape index (κ3) is 4.82. The predicted octanol–water partition coefficient (Wildman–Crippen LogP) is 4.64. The van der Waals surface area contributed by atoms with Crippen LogP contribution in [0.4, 0.5) is 5.69 Å². The number of halogens is 2. The molecule has 29 heavy (non-hydrogen) atoms. The van der Waals surface area contributed by atoms with E-state index in [1.165, 1.54) is 30.5 Å². The van der Waals surface area contributed by atoms with E-state index in [1.54, 1.807) is 12.1 Å². The number of nitrogens with zero attached hydrogens (tertiary/aromatic N) is 2. The van der Waals surface area contributed by atoms with Crippen molar-refractivity contribution in [2.75, 3.05) is 6.61 Å². The van der Waals surface area contributed by atoms with Crippen LogP contribution in [0.15, 0.2) is 54.9 Å². The minimum Gasteiger partial charge on any atom is -0.479 e. The zero-order chi connectivity index (χ0) is 21.0. The highest BCUT2D eigenvalue weighted by atomic mass is 79.9. The molecule has 10 heteroatoms. The van der Waals surface area contributed by atoms with Gasteiger partial charge in [-0.25, -0.2) is 5.43 Å². The number of ether oxygens (including phenoxy) is 1. The van der Waals surface area contributed by atoms with Crippen molar-refractivity contribution in [3.05, 3.63) is 66.8 Å². The molecule has 0 radical (unpaired) electrons. The van der Waals surface area contributed by atoms with Crippen LogP contribution < -0.4 is 10.2 Å². The number of terminal acetylenes is 1. The number of nitrogens with one attached hydrogen (secondary N) is 1. The first-order valence-corrected chi connectivity index (χ1v) is 9.54. The van der Waals surface area contributed by atoms with Crippen molar-refractivity contribution in [1.29, 1.82) is 0 Å². The SMILES string of the molecule is C#CCOc1c(Br)cc(/C=N/NC(=O)c2cc3cc([N+](=O)[O-])ccc3o2)cc1Br. The summed E-state index contributed by atoms with van der Waals surface area (Å²) in [5.41, 5.74) is 3.30. The molecule has 0 aliphatic carbocycles. The predicted molar refractivity (Wildman–Crippen MR) is 114 cm³/mol. The first-order chi connectivity index (χ1) is 13.9. The Kier molecular flexibility index (Phi) is 6.31. The minimum atomic E-state index is -0.591. The molecular formula is C19H11Br2N3O5. The van der Waals surface area contributed by atoms with Crippen molar-refractivity contribution in [2.24, 2.45) is 5.10 Å². The fraction of sp³-hybridized carbons (Fsp3) is 0.0526. The van der Waals surface area contributed by atoms with Crippen LogP contribution in [-0.4, -0.2) is 23.7 Å². The number of amides is 1. The third-order valence-electron chi connectivity index (χ3n) is 3.63. The fourth-order valence-corrected chi connectivity index (χ4v) is 3.83. The molecule has 1 aromatic heterocycles. The van der Waals surface area contributed by atoms with Crippen LogP contribution in [0.1, 0.15) is 16.1 Å². The van der Waals surface area contributed by atoms with Crippen molar-refractivity contribution < 1.29 is 18.9 Å². The minimum absolute atomic E-state index is 0.0157. The van der Waals surface area contributed by atoms with Gasteiger partial charge in [-0.05, 0) is 61.7 Å². The van der Waals surface area contributed by atoms with Gasteiger partial charge in [0.2, 0.25) is 0 Å². The fourth-order valence-electron chi connectivity index (χ4n) is 2.38. The average molecular weight is 521 g/mol. The second kappa shape index (κ2) is 8.89. The Labute approximate surface area is 181 Å². The van der Waals surface area contributed by atoms with Gasteiger partial charge in [-0.2, -0.15) is 5.10 Å². The normalized spacial score (nSPS) is 10.8. The first-order valence-electron chi connectivity index (χ1n) is 7.95. The zero-order valence-corrected chi connectivity index (χ0v) is 17.7. The Balaban J connectivity index is 1.72. The van der Waals surface area contributed by atoms with Gasteiger partial charge >= 0.3 is 5.91 Å². The molecule has 3 rings (SSSR count). The zero-order valence-electron chi connectivity index (χ0n) is 14.5. The Hall–Kier alpha value is -3.16. The van der Waals surface area contributed by atoms with Crippen LogP contribution >= 0.6 is 31.9 Å². The number of benzene rings is 2. The number of carbonyl (C=O) groups is 1. The molecule has 0 saturated carbocycles. The van der Waals surface area contributed by atoms with E-state index in [-0.39, 0.29) is 18.1 Å². The number of hydrogen-bond acceptors (Lipinski definition) is 6. The Morgan fingerprint density at radius 1 is 1.31 bits per heavy atom. The van der Waals surface area contributed by atoms with E-state index < -0.39 is 10.8 Å². The van der Waals surface area contributed by atoms with Crippen LogP contribution in [0.5, 0.6) is 5.75 Å². The van der Waals surface area contributed by atoms with E-state index in [0.29, 0.717) is 31.2 Å². The summed E-state index contributed by atoms with van der Waals surface area (Å²) in [6.45, 7) is 0.126. The third-order valence-corrected chi connectivity index (χ3v) is 4.81. The van der Waals surface area contributed by atoms with Crippen molar-refractivity contribution in [3.63, 3.8) is 0 Å². The smallest absolute Gasteiger partial charge is 0.307 e. The van der Waals surface area contributed by atoms with Crippen LogP contribution in [0, 0.1) is 22.5 Å². The Bertz CT molecular complexity index is 1160. The molecule has 146 valence electrons. The molecule has 0 aliphatic heterocycles. The number of non-ortho nitro benzene ring substituents is 1. The molecule has 2 aromatic carbocycles. The number of rotatable bonds is 6. The van der Waals surface area contributed by atoms with Crippen LogP contribution in [0.2, 0.25) is 0 Å². The lowest BCUT2D eigenvalue weighted by atomic mass is 10.2. The van der Waals surface area contributed by atoms with Gasteiger partial charge in [0.05, 0.1) is 20.1 Å². The maximum absolute atomic E-state index is 12.2. The summed E-state index contributed by atoms with van der Waals surface area (Å²) in [4.78, 5) is 22.5. The summed E-state index contributed by atoms with van der Waals surface area (Å²) in [6, 6.07) is 8.97. The van der Waals surface area contributed by atoms with Gasteiger partial charge in [-0.15, -0.1) is 6.42 Å². The summed E-state index contributed by atoms with van der Waals surface area (Å²) < 4.78 is 12.2. The van der Waals surface area contributed by atoms with Gasteiger partial charge in [0, 0.05) is 17.5 Å². The highest BCUT2D eigenvalue weighted by Crippen LogP contribution is 2.34. The Morgan fingerprint density at radius 3 is 2.69 bits per heavy atom. The standard InChI is InChI=1S/C19H11Br2N3O5/c1-2-5-28-18-14(20)6-11(7-15(18)21)10-22-23-19(25)17-9-12-8-13(24(26)27)3-4-16(12)29-17/h1,3-4,6-10H,5H2,(H,23,25)/b22-10+. The van der Waals surface area contributed by atoms with Gasteiger partial charge < -0.3 is 9.15 Å². The number of nitro benzene ring substituents is 1. The Morgan fingerprint density at radius 2 is 2.03 bits per heavy atom. The monoisotopic (exact) mass is 519 g/mol. The van der Waals surface area contributed by atoms with E-state index >= 15 is 0 Å². The van der Waals surface area contributed by atoms with Gasteiger partial charge in [0.1, 0.15) is 17.9 Å². The summed E-state index contributed by atoms with van der Waals surface area (Å²) in [7, 11) is 0. The number of hydrazone groups is 1. The lowest BCUT2D eigenvalue weighted by molar-refractivity contribution is -0.384. The largest absolute Gasteiger partial charge is 0.479 e. The average Bonchev–Trinajstić information content (AvgIpc) is 3.10. The molecule has 0 saturated heterocycles. The molecule has 0 fully saturated rings. The van der Waals surface area contributed by atoms with Crippen LogP contribution in [0.3, 0.4) is 0 Å². The number of furan rings is 1. The number of carbonyl (C=O) groups excluding carboxylic acids is 1. The lowest BCUT2D eigenvalue weighted by Crippen LogP contribution is -2.16. The molecule has 8 nitrogen and oxygen atoms in total. The van der Waals surface area contributed by atoms with Gasteiger partial charge in [0.15, 0.2) is 5.76 Å². The van der Waals surface area contributed by atoms with Crippen molar-refractivity contribution in [3.8, 4) is 18.1 Å². The molecule has 0 bridgehead atoms.